The maximum Gasteiger partial charge on any atom is 0.241 e. The Hall–Kier alpha value is -2.28. The molecule has 1 atom stereocenters. The second-order valence-corrected chi connectivity index (χ2v) is 6.85. The molecule has 0 aliphatic carbocycles. The van der Waals surface area contributed by atoms with E-state index in [0.29, 0.717) is 12.2 Å². The molecule has 0 aromatic heterocycles. The Morgan fingerprint density at radius 3 is 2.48 bits per heavy atom. The van der Waals surface area contributed by atoms with E-state index in [1.807, 2.05) is 59.5 Å². The van der Waals surface area contributed by atoms with Crippen LogP contribution >= 0.6 is 24.8 Å². The van der Waals surface area contributed by atoms with Crippen LogP contribution < -0.4 is 21.3 Å². The first-order valence-corrected chi connectivity index (χ1v) is 9.33. The molecule has 2 aromatic rings. The Morgan fingerprint density at radius 1 is 1.07 bits per heavy atom. The third-order valence-corrected chi connectivity index (χ3v) is 4.67. The summed E-state index contributed by atoms with van der Waals surface area (Å²) in [6.07, 6.45) is 3.03. The van der Waals surface area contributed by atoms with Crippen molar-refractivity contribution >= 4 is 48.0 Å². The molecule has 1 heterocycles. The predicted octanol–water partition coefficient (Wildman–Crippen LogP) is 3.10. The molecule has 0 saturated carbocycles. The van der Waals surface area contributed by atoms with Gasteiger partial charge in [-0.3, -0.25) is 9.59 Å². The number of halogens is 2. The zero-order chi connectivity index (χ0) is 19.1. The van der Waals surface area contributed by atoms with Crippen molar-refractivity contribution in [2.24, 2.45) is 5.73 Å². The molecule has 4 N–H and O–H groups in total. The van der Waals surface area contributed by atoms with E-state index in [4.69, 9.17) is 5.73 Å². The highest BCUT2D eigenvalue weighted by atomic mass is 35.5. The summed E-state index contributed by atoms with van der Waals surface area (Å²) in [5.74, 6) is -0.414. The van der Waals surface area contributed by atoms with Crippen LogP contribution in [0.15, 0.2) is 54.6 Å². The monoisotopic (exact) mass is 438 g/mol. The molecular formula is C21H28Cl2N4O2. The number of anilines is 2. The van der Waals surface area contributed by atoms with E-state index in [-0.39, 0.29) is 43.3 Å². The normalized spacial score (nSPS) is 15.4. The molecule has 3 rings (SSSR count). The van der Waals surface area contributed by atoms with E-state index in [2.05, 4.69) is 10.6 Å². The van der Waals surface area contributed by atoms with Crippen LogP contribution in [0.3, 0.4) is 0 Å². The maximum absolute atomic E-state index is 12.5. The van der Waals surface area contributed by atoms with Crippen LogP contribution in [0.5, 0.6) is 0 Å². The summed E-state index contributed by atoms with van der Waals surface area (Å²) in [5, 5.41) is 6.23. The summed E-state index contributed by atoms with van der Waals surface area (Å²) in [4.78, 5) is 25.9. The first-order chi connectivity index (χ1) is 13.1. The zero-order valence-electron chi connectivity index (χ0n) is 16.2. The quantitative estimate of drug-likeness (QED) is 0.619. The lowest BCUT2D eigenvalue weighted by atomic mass is 10.0. The maximum atomic E-state index is 12.5. The number of piperidine rings is 1. The average Bonchev–Trinajstić information content (AvgIpc) is 2.69. The zero-order valence-corrected chi connectivity index (χ0v) is 17.8. The number of nitrogens with one attached hydrogen (secondary N) is 2. The molecule has 1 fully saturated rings. The Kier molecular flexibility index (Phi) is 10.5. The molecule has 0 bridgehead atoms. The molecule has 1 saturated heterocycles. The van der Waals surface area contributed by atoms with Gasteiger partial charge in [-0.15, -0.1) is 24.8 Å². The fourth-order valence-corrected chi connectivity index (χ4v) is 3.32. The SMILES string of the molecule is Cl.Cl.NC(=O)CN(Cc1ccccc1)c1cccc(NC(=O)[C@H]2CCCCN2)c1. The summed E-state index contributed by atoms with van der Waals surface area (Å²) < 4.78 is 0. The number of hydrogen-bond donors (Lipinski definition) is 3. The van der Waals surface area contributed by atoms with Gasteiger partial charge < -0.3 is 21.3 Å². The molecule has 1 aliphatic heterocycles. The van der Waals surface area contributed by atoms with Gasteiger partial charge >= 0.3 is 0 Å². The second-order valence-electron chi connectivity index (χ2n) is 6.85. The molecule has 0 unspecified atom stereocenters. The van der Waals surface area contributed by atoms with E-state index in [0.717, 1.165) is 37.1 Å². The van der Waals surface area contributed by atoms with Crippen LogP contribution in [0.2, 0.25) is 0 Å². The first-order valence-electron chi connectivity index (χ1n) is 9.33. The molecule has 6 nitrogen and oxygen atoms in total. The van der Waals surface area contributed by atoms with Gasteiger partial charge in [0.1, 0.15) is 0 Å². The summed E-state index contributed by atoms with van der Waals surface area (Å²) in [6.45, 7) is 1.55. The van der Waals surface area contributed by atoms with E-state index >= 15 is 0 Å². The van der Waals surface area contributed by atoms with Crippen LogP contribution in [-0.2, 0) is 16.1 Å². The third-order valence-electron chi connectivity index (χ3n) is 4.67. The van der Waals surface area contributed by atoms with Gasteiger partial charge in [0, 0.05) is 17.9 Å². The lowest BCUT2D eigenvalue weighted by Crippen LogP contribution is -2.43. The van der Waals surface area contributed by atoms with Crippen molar-refractivity contribution in [2.75, 3.05) is 23.3 Å². The van der Waals surface area contributed by atoms with E-state index in [9.17, 15) is 9.59 Å². The van der Waals surface area contributed by atoms with E-state index in [1.54, 1.807) is 0 Å². The van der Waals surface area contributed by atoms with Gasteiger partial charge in [-0.1, -0.05) is 42.8 Å². The van der Waals surface area contributed by atoms with Gasteiger partial charge in [0.25, 0.3) is 0 Å². The Bertz CT molecular complexity index is 783. The molecule has 8 heteroatoms. The lowest BCUT2D eigenvalue weighted by Gasteiger charge is -2.25. The number of rotatable bonds is 7. The molecule has 29 heavy (non-hydrogen) atoms. The Balaban J connectivity index is 0.00000210. The highest BCUT2D eigenvalue weighted by molar-refractivity contribution is 5.95. The standard InChI is InChI=1S/C21H26N4O2.2ClH/c22-20(26)15-25(14-16-7-2-1-3-8-16)18-10-6-9-17(13-18)24-21(27)19-11-4-5-12-23-19;;/h1-3,6-10,13,19,23H,4-5,11-12,14-15H2,(H2,22,26)(H,24,27);2*1H/t19-;;/m1../s1. The number of nitrogens with two attached hydrogens (primary N) is 1. The van der Waals surface area contributed by atoms with Crippen LogP contribution in [0.4, 0.5) is 11.4 Å². The molecule has 0 radical (unpaired) electrons. The minimum atomic E-state index is -0.397. The summed E-state index contributed by atoms with van der Waals surface area (Å²) in [5.41, 5.74) is 8.08. The van der Waals surface area contributed by atoms with Crippen molar-refractivity contribution in [2.45, 2.75) is 31.8 Å². The smallest absolute Gasteiger partial charge is 0.241 e. The van der Waals surface area contributed by atoms with Crippen LogP contribution in [0.1, 0.15) is 24.8 Å². The molecular weight excluding hydrogens is 411 g/mol. The number of hydrogen-bond acceptors (Lipinski definition) is 4. The van der Waals surface area contributed by atoms with Gasteiger partial charge in [0.2, 0.25) is 11.8 Å². The molecule has 2 amide bonds. The summed E-state index contributed by atoms with van der Waals surface area (Å²) in [7, 11) is 0. The Morgan fingerprint density at radius 2 is 1.83 bits per heavy atom. The molecule has 158 valence electrons. The van der Waals surface area contributed by atoms with Crippen molar-refractivity contribution in [3.8, 4) is 0 Å². The predicted molar refractivity (Wildman–Crippen MR) is 122 cm³/mol. The number of benzene rings is 2. The fraction of sp³-hybridized carbons (Fsp3) is 0.333. The average molecular weight is 439 g/mol. The van der Waals surface area contributed by atoms with Crippen molar-refractivity contribution in [1.29, 1.82) is 0 Å². The number of nitrogens with zero attached hydrogens (tertiary/aromatic N) is 1. The van der Waals surface area contributed by atoms with Crippen molar-refractivity contribution in [3.63, 3.8) is 0 Å². The molecule has 2 aromatic carbocycles. The van der Waals surface area contributed by atoms with Gasteiger partial charge in [0.15, 0.2) is 0 Å². The van der Waals surface area contributed by atoms with Crippen LogP contribution in [-0.4, -0.2) is 30.9 Å². The van der Waals surface area contributed by atoms with Crippen molar-refractivity contribution in [3.05, 3.63) is 60.2 Å². The summed E-state index contributed by atoms with van der Waals surface area (Å²) >= 11 is 0. The van der Waals surface area contributed by atoms with E-state index in [1.165, 1.54) is 0 Å². The van der Waals surface area contributed by atoms with Gasteiger partial charge in [0.05, 0.1) is 12.6 Å². The number of primary amides is 1. The van der Waals surface area contributed by atoms with Gasteiger partial charge in [-0.25, -0.2) is 0 Å². The summed E-state index contributed by atoms with van der Waals surface area (Å²) in [6, 6.07) is 17.3. The molecule has 1 aliphatic rings. The highest BCUT2D eigenvalue weighted by Gasteiger charge is 2.20. The van der Waals surface area contributed by atoms with Gasteiger partial charge in [-0.05, 0) is 43.1 Å². The minimum absolute atomic E-state index is 0. The third kappa shape index (κ3) is 7.57. The first kappa shape index (κ1) is 24.8. The number of amides is 2. The van der Waals surface area contributed by atoms with Crippen LogP contribution in [0.25, 0.3) is 0 Å². The van der Waals surface area contributed by atoms with E-state index < -0.39 is 5.91 Å². The fourth-order valence-electron chi connectivity index (χ4n) is 3.32. The largest absolute Gasteiger partial charge is 0.368 e. The van der Waals surface area contributed by atoms with Crippen molar-refractivity contribution in [1.82, 2.24) is 5.32 Å². The number of carbonyl (C=O) groups is 2. The number of carbonyl (C=O) groups excluding carboxylic acids is 2. The van der Waals surface area contributed by atoms with Gasteiger partial charge in [-0.2, -0.15) is 0 Å². The topological polar surface area (TPSA) is 87.5 Å². The van der Waals surface area contributed by atoms with Crippen molar-refractivity contribution < 1.29 is 9.59 Å². The molecule has 0 spiro atoms. The Labute approximate surface area is 184 Å². The second kappa shape index (κ2) is 12.3. The minimum Gasteiger partial charge on any atom is -0.368 e. The van der Waals surface area contributed by atoms with Crippen LogP contribution in [0, 0.1) is 0 Å². The highest BCUT2D eigenvalue weighted by Crippen LogP contribution is 2.22. The lowest BCUT2D eigenvalue weighted by molar-refractivity contribution is -0.118.